The minimum absolute atomic E-state index is 0.102. The van der Waals surface area contributed by atoms with Crippen LogP contribution < -0.4 is 9.47 Å². The summed E-state index contributed by atoms with van der Waals surface area (Å²) in [6.07, 6.45) is 6.25. The van der Waals surface area contributed by atoms with Crippen LogP contribution in [-0.4, -0.2) is 15.5 Å². The Balaban J connectivity index is 1.60. The number of rotatable bonds is 6. The van der Waals surface area contributed by atoms with Gasteiger partial charge in [-0.3, -0.25) is 4.79 Å². The van der Waals surface area contributed by atoms with Crippen LogP contribution in [0.1, 0.15) is 52.9 Å². The van der Waals surface area contributed by atoms with E-state index in [1.54, 1.807) is 0 Å². The molecule has 2 aliphatic rings. The van der Waals surface area contributed by atoms with Crippen LogP contribution in [0.5, 0.6) is 11.5 Å². The average molecular weight is 442 g/mol. The molecular weight excluding hydrogens is 415 g/mol. The third-order valence-corrected chi connectivity index (χ3v) is 7.06. The summed E-state index contributed by atoms with van der Waals surface area (Å²) in [6.45, 7) is 6.41. The van der Waals surface area contributed by atoms with Gasteiger partial charge in [0, 0.05) is 5.92 Å². The molecular formula is C20H27IO3. The van der Waals surface area contributed by atoms with Crippen LogP contribution in [0.25, 0.3) is 0 Å². The van der Waals surface area contributed by atoms with Crippen LogP contribution in [0, 0.1) is 17.8 Å². The smallest absolute Gasteiger partial charge is 0.324 e. The van der Waals surface area contributed by atoms with Crippen LogP contribution in [0.15, 0.2) is 24.3 Å². The molecule has 4 heteroatoms. The lowest BCUT2D eigenvalue weighted by molar-refractivity contribution is -0.133. The quantitative estimate of drug-likeness (QED) is 0.256. The first kappa shape index (κ1) is 18.0. The molecule has 0 spiro atoms. The van der Waals surface area contributed by atoms with E-state index in [2.05, 4.69) is 36.4 Å². The molecule has 132 valence electrons. The van der Waals surface area contributed by atoms with Gasteiger partial charge in [0.2, 0.25) is 0 Å². The highest BCUT2D eigenvalue weighted by molar-refractivity contribution is 14.1. The fraction of sp³-hybridized carbons (Fsp3) is 0.650. The monoisotopic (exact) mass is 442 g/mol. The molecule has 2 bridgehead atoms. The van der Waals surface area contributed by atoms with Crippen LogP contribution >= 0.6 is 22.6 Å². The molecule has 0 N–H and O–H groups in total. The minimum Gasteiger partial charge on any atom is -0.488 e. The Labute approximate surface area is 158 Å². The lowest BCUT2D eigenvalue weighted by Gasteiger charge is -2.37. The summed E-state index contributed by atoms with van der Waals surface area (Å²) in [5.41, 5.74) is -0.145. The van der Waals surface area contributed by atoms with Crippen LogP contribution in [0.2, 0.25) is 0 Å². The number of hydrogen-bond acceptors (Lipinski definition) is 3. The number of ether oxygens (including phenoxy) is 2. The lowest BCUT2D eigenvalue weighted by Crippen LogP contribution is -2.40. The van der Waals surface area contributed by atoms with Crippen LogP contribution in [-0.2, 0) is 4.79 Å². The van der Waals surface area contributed by atoms with Gasteiger partial charge in [0.25, 0.3) is 0 Å². The molecule has 2 aliphatic carbocycles. The van der Waals surface area contributed by atoms with Crippen molar-refractivity contribution in [3.8, 4) is 11.5 Å². The molecule has 0 heterocycles. The molecule has 24 heavy (non-hydrogen) atoms. The predicted molar refractivity (Wildman–Crippen MR) is 104 cm³/mol. The molecule has 2 fully saturated rings. The zero-order valence-electron chi connectivity index (χ0n) is 14.8. The van der Waals surface area contributed by atoms with Crippen molar-refractivity contribution in [2.75, 3.05) is 0 Å². The normalized spacial score (nSPS) is 27.1. The third-order valence-electron chi connectivity index (χ3n) is 5.67. The van der Waals surface area contributed by atoms with Crippen molar-refractivity contribution >= 4 is 28.6 Å². The Hall–Kier alpha value is -0.780. The van der Waals surface area contributed by atoms with E-state index in [0.29, 0.717) is 11.7 Å². The number of esters is 1. The SMILES string of the molecule is CCC(I)C(=O)Oc1ccc(OC(C)(C)C2CC3CCC2C3)cc1. The van der Waals surface area contributed by atoms with Gasteiger partial charge in [-0.1, -0.05) is 35.9 Å². The first-order valence-electron chi connectivity index (χ1n) is 9.04. The molecule has 4 atom stereocenters. The third kappa shape index (κ3) is 3.89. The molecule has 1 aromatic rings. The number of fused-ring (bicyclic) bond motifs is 2. The van der Waals surface area contributed by atoms with E-state index in [-0.39, 0.29) is 15.5 Å². The topological polar surface area (TPSA) is 35.5 Å². The number of halogens is 1. The van der Waals surface area contributed by atoms with Gasteiger partial charge in [-0.25, -0.2) is 0 Å². The maximum Gasteiger partial charge on any atom is 0.324 e. The van der Waals surface area contributed by atoms with Gasteiger partial charge < -0.3 is 9.47 Å². The molecule has 4 unspecified atom stereocenters. The molecule has 0 aliphatic heterocycles. The highest BCUT2D eigenvalue weighted by Gasteiger charge is 2.47. The number of carbonyl (C=O) groups excluding carboxylic acids is 1. The van der Waals surface area contributed by atoms with E-state index in [1.165, 1.54) is 25.7 Å². The summed E-state index contributed by atoms with van der Waals surface area (Å²) < 4.78 is 11.6. The second-order valence-corrected chi connectivity index (χ2v) is 9.26. The summed E-state index contributed by atoms with van der Waals surface area (Å²) >= 11 is 2.11. The molecule has 1 aromatic carbocycles. The predicted octanol–water partition coefficient (Wildman–Crippen LogP) is 5.40. The lowest BCUT2D eigenvalue weighted by atomic mass is 9.78. The van der Waals surface area contributed by atoms with Gasteiger partial charge in [-0.2, -0.15) is 0 Å². The van der Waals surface area contributed by atoms with Gasteiger partial charge in [-0.15, -0.1) is 0 Å². The van der Waals surface area contributed by atoms with E-state index < -0.39 is 0 Å². The van der Waals surface area contributed by atoms with Gasteiger partial charge in [0.05, 0.1) is 0 Å². The summed E-state index contributed by atoms with van der Waals surface area (Å²) in [5.74, 6) is 3.65. The molecule has 0 radical (unpaired) electrons. The highest BCUT2D eigenvalue weighted by atomic mass is 127. The Morgan fingerprint density at radius 2 is 1.88 bits per heavy atom. The molecule has 0 amide bonds. The standard InChI is InChI=1S/C20H27IO3/c1-4-18(21)19(22)23-15-7-9-16(10-8-15)24-20(2,3)17-12-13-5-6-14(17)11-13/h7-10,13-14,17-18H,4-6,11-12H2,1-3H3. The maximum atomic E-state index is 11.8. The van der Waals surface area contributed by atoms with Crippen molar-refractivity contribution in [3.63, 3.8) is 0 Å². The van der Waals surface area contributed by atoms with Crippen molar-refractivity contribution in [3.05, 3.63) is 24.3 Å². The summed E-state index contributed by atoms with van der Waals surface area (Å²) in [7, 11) is 0. The molecule has 0 aromatic heterocycles. The Morgan fingerprint density at radius 1 is 1.21 bits per heavy atom. The van der Waals surface area contributed by atoms with Crippen molar-refractivity contribution in [2.24, 2.45) is 17.8 Å². The van der Waals surface area contributed by atoms with Gasteiger partial charge in [-0.05, 0) is 75.6 Å². The first-order chi connectivity index (χ1) is 11.4. The number of hydrogen-bond donors (Lipinski definition) is 0. The second kappa shape index (κ2) is 7.22. The zero-order valence-corrected chi connectivity index (χ0v) is 16.9. The van der Waals surface area contributed by atoms with Gasteiger partial charge >= 0.3 is 5.97 Å². The van der Waals surface area contributed by atoms with Gasteiger partial charge in [0.15, 0.2) is 0 Å². The van der Waals surface area contributed by atoms with E-state index in [0.717, 1.165) is 24.0 Å². The number of alkyl halides is 1. The van der Waals surface area contributed by atoms with Crippen LogP contribution in [0.3, 0.4) is 0 Å². The van der Waals surface area contributed by atoms with E-state index in [9.17, 15) is 4.79 Å². The Kier molecular flexibility index (Phi) is 5.42. The number of carbonyl (C=O) groups is 1. The van der Waals surface area contributed by atoms with E-state index >= 15 is 0 Å². The molecule has 2 saturated carbocycles. The Bertz CT molecular complexity index is 581. The summed E-state index contributed by atoms with van der Waals surface area (Å²) in [4.78, 5) is 11.8. The van der Waals surface area contributed by atoms with Crippen LogP contribution in [0.4, 0.5) is 0 Å². The highest BCUT2D eigenvalue weighted by Crippen LogP contribution is 2.52. The summed E-state index contributed by atoms with van der Waals surface area (Å²) in [6, 6.07) is 7.46. The molecule has 3 nitrogen and oxygen atoms in total. The largest absolute Gasteiger partial charge is 0.488 e. The fourth-order valence-electron chi connectivity index (χ4n) is 4.40. The fourth-order valence-corrected chi connectivity index (χ4v) is 4.53. The van der Waals surface area contributed by atoms with Crippen molar-refractivity contribution in [2.45, 2.75) is 62.4 Å². The zero-order chi connectivity index (χ0) is 17.3. The molecule has 0 saturated heterocycles. The van der Waals surface area contributed by atoms with Crippen molar-refractivity contribution < 1.29 is 14.3 Å². The maximum absolute atomic E-state index is 11.8. The minimum atomic E-state index is -0.186. The average Bonchev–Trinajstić information content (AvgIpc) is 3.19. The summed E-state index contributed by atoms with van der Waals surface area (Å²) in [5, 5.41) is 0. The van der Waals surface area contributed by atoms with Gasteiger partial charge in [0.1, 0.15) is 21.0 Å². The van der Waals surface area contributed by atoms with Crippen molar-refractivity contribution in [1.82, 2.24) is 0 Å². The molecule has 3 rings (SSSR count). The number of benzene rings is 1. The van der Waals surface area contributed by atoms with E-state index in [1.807, 2.05) is 31.2 Å². The second-order valence-electron chi connectivity index (χ2n) is 7.76. The van der Waals surface area contributed by atoms with E-state index in [4.69, 9.17) is 9.47 Å². The Morgan fingerprint density at radius 3 is 2.42 bits per heavy atom. The van der Waals surface area contributed by atoms with Crippen molar-refractivity contribution in [1.29, 1.82) is 0 Å². The first-order valence-corrected chi connectivity index (χ1v) is 10.3.